The number of esters is 5. The van der Waals surface area contributed by atoms with E-state index in [-0.39, 0.29) is 66.4 Å². The molecule has 9 rings (SSSR count). The molecule has 79 heavy (non-hydrogen) atoms. The molecule has 0 aromatic heterocycles. The SMILES string of the molecule is CCOC(=O)c1ccc(-c2ccc(C(=O)OCC(O)COC(=O)C(C)C)c(C(=O)OCCOc3ccc4c(c3)C3(c5ccccc5-4)c4ccccc4-c4ccc(OCCOC(=O)C5CCCCC5C(=O)O)cc43)c2)cc1C(=O)O. The number of carboxylic acids is 2. The van der Waals surface area contributed by atoms with Gasteiger partial charge in [0.25, 0.3) is 0 Å². The van der Waals surface area contributed by atoms with Gasteiger partial charge in [-0.3, -0.25) is 14.4 Å². The van der Waals surface area contributed by atoms with Crippen LogP contribution < -0.4 is 9.47 Å². The third-order valence-corrected chi connectivity index (χ3v) is 14.4. The number of carboxylic acid groups (broad SMARTS) is 2. The Morgan fingerprint density at radius 3 is 1.57 bits per heavy atom. The highest BCUT2D eigenvalue weighted by molar-refractivity contribution is 6.06. The van der Waals surface area contributed by atoms with Crippen LogP contribution in [0.25, 0.3) is 33.4 Å². The molecule has 3 aliphatic rings. The van der Waals surface area contributed by atoms with E-state index >= 15 is 0 Å². The minimum Gasteiger partial charge on any atom is -0.490 e. The Balaban J connectivity index is 0.945. The van der Waals surface area contributed by atoms with Crippen LogP contribution in [0.5, 0.6) is 11.5 Å². The number of aliphatic hydroxyl groups is 1. The van der Waals surface area contributed by atoms with Gasteiger partial charge in [0.1, 0.15) is 57.2 Å². The van der Waals surface area contributed by atoms with E-state index in [1.54, 1.807) is 20.8 Å². The summed E-state index contributed by atoms with van der Waals surface area (Å²) in [5, 5.41) is 30.1. The lowest BCUT2D eigenvalue weighted by molar-refractivity contribution is -0.160. The summed E-state index contributed by atoms with van der Waals surface area (Å²) in [7, 11) is 0. The summed E-state index contributed by atoms with van der Waals surface area (Å²) in [5.41, 5.74) is 6.73. The Kier molecular flexibility index (Phi) is 16.6. The number of benzene rings is 6. The van der Waals surface area contributed by atoms with Crippen LogP contribution in [-0.2, 0) is 43.5 Å². The Labute approximate surface area is 454 Å². The van der Waals surface area contributed by atoms with Gasteiger partial charge in [0.05, 0.1) is 52.0 Å². The largest absolute Gasteiger partial charge is 0.490 e. The molecule has 17 nitrogen and oxygen atoms in total. The van der Waals surface area contributed by atoms with Crippen LogP contribution >= 0.6 is 0 Å². The van der Waals surface area contributed by atoms with Crippen molar-refractivity contribution in [1.29, 1.82) is 0 Å². The molecule has 6 aromatic carbocycles. The first-order chi connectivity index (χ1) is 38.1. The zero-order valence-electron chi connectivity index (χ0n) is 43.7. The molecule has 1 saturated carbocycles. The van der Waals surface area contributed by atoms with Crippen molar-refractivity contribution in [1.82, 2.24) is 0 Å². The van der Waals surface area contributed by atoms with Crippen molar-refractivity contribution in [3.05, 3.63) is 166 Å². The molecule has 4 unspecified atom stereocenters. The number of carbonyl (C=O) groups is 7. The maximum atomic E-state index is 14.1. The van der Waals surface area contributed by atoms with Gasteiger partial charge in [-0.1, -0.05) is 99.5 Å². The molecule has 0 amide bonds. The second-order valence-corrected chi connectivity index (χ2v) is 19.7. The Morgan fingerprint density at radius 1 is 0.519 bits per heavy atom. The van der Waals surface area contributed by atoms with Gasteiger partial charge in [0.15, 0.2) is 0 Å². The van der Waals surface area contributed by atoms with E-state index in [0.717, 1.165) is 57.3 Å². The van der Waals surface area contributed by atoms with E-state index in [2.05, 4.69) is 24.3 Å². The highest BCUT2D eigenvalue weighted by Crippen LogP contribution is 2.63. The van der Waals surface area contributed by atoms with Crippen molar-refractivity contribution >= 4 is 41.8 Å². The predicted molar refractivity (Wildman–Crippen MR) is 285 cm³/mol. The van der Waals surface area contributed by atoms with E-state index in [1.165, 1.54) is 36.4 Å². The van der Waals surface area contributed by atoms with Gasteiger partial charge in [-0.15, -0.1) is 0 Å². The molecule has 6 aromatic rings. The predicted octanol–water partition coefficient (Wildman–Crippen LogP) is 9.34. The van der Waals surface area contributed by atoms with Gasteiger partial charge in [-0.25, -0.2) is 19.2 Å². The lowest BCUT2D eigenvalue weighted by Crippen LogP contribution is -2.34. The molecule has 0 radical (unpaired) electrons. The van der Waals surface area contributed by atoms with E-state index < -0.39 is 84.3 Å². The average Bonchev–Trinajstić information content (AvgIpc) is 2.68. The molecule has 0 aliphatic heterocycles. The summed E-state index contributed by atoms with van der Waals surface area (Å²) < 4.78 is 39.3. The highest BCUT2D eigenvalue weighted by Gasteiger charge is 2.52. The summed E-state index contributed by atoms with van der Waals surface area (Å²) in [6.45, 7) is 3.40. The number of rotatable bonds is 21. The van der Waals surface area contributed by atoms with Crippen LogP contribution in [0.4, 0.5) is 0 Å². The van der Waals surface area contributed by atoms with Gasteiger partial charge in [0, 0.05) is 0 Å². The minimum absolute atomic E-state index is 0.0189. The first-order valence-electron chi connectivity index (χ1n) is 26.1. The molecular formula is C62H58O17. The van der Waals surface area contributed by atoms with Gasteiger partial charge in [-0.2, -0.15) is 0 Å². The maximum absolute atomic E-state index is 14.1. The lowest BCUT2D eigenvalue weighted by atomic mass is 9.70. The second kappa shape index (κ2) is 23.8. The molecule has 1 spiro atoms. The number of aliphatic carboxylic acids is 1. The molecule has 408 valence electrons. The van der Waals surface area contributed by atoms with E-state index in [9.17, 15) is 48.9 Å². The van der Waals surface area contributed by atoms with E-state index in [1.807, 2.05) is 60.7 Å². The Morgan fingerprint density at radius 2 is 1.01 bits per heavy atom. The molecule has 1 fully saturated rings. The van der Waals surface area contributed by atoms with Crippen LogP contribution in [0.15, 0.2) is 121 Å². The minimum atomic E-state index is -1.40. The van der Waals surface area contributed by atoms with Crippen molar-refractivity contribution < 1.29 is 82.0 Å². The molecule has 3 N–H and O–H groups in total. The van der Waals surface area contributed by atoms with Crippen molar-refractivity contribution in [2.45, 2.75) is 58.0 Å². The third-order valence-electron chi connectivity index (χ3n) is 14.4. The molecule has 0 heterocycles. The van der Waals surface area contributed by atoms with Gasteiger partial charge >= 0.3 is 41.8 Å². The zero-order valence-corrected chi connectivity index (χ0v) is 43.7. The summed E-state index contributed by atoms with van der Waals surface area (Å²) in [6.07, 6.45) is 1.06. The number of ether oxygens (including phenoxy) is 7. The quantitative estimate of drug-likeness (QED) is 0.0345. The second-order valence-electron chi connectivity index (χ2n) is 19.7. The molecule has 17 heteroatoms. The zero-order chi connectivity index (χ0) is 56.0. The summed E-state index contributed by atoms with van der Waals surface area (Å²) in [6, 6.07) is 36.1. The number of hydrogen-bond donors (Lipinski definition) is 3. The van der Waals surface area contributed by atoms with E-state index in [4.69, 9.17) is 33.2 Å². The molecule has 4 atom stereocenters. The summed E-state index contributed by atoms with van der Waals surface area (Å²) >= 11 is 0. The lowest BCUT2D eigenvalue weighted by Gasteiger charge is -2.31. The fraction of sp³-hybridized carbons (Fsp3) is 0.306. The van der Waals surface area contributed by atoms with Gasteiger partial charge in [0.2, 0.25) is 0 Å². The van der Waals surface area contributed by atoms with Crippen molar-refractivity contribution in [2.24, 2.45) is 17.8 Å². The average molecular weight is 1080 g/mol. The monoisotopic (exact) mass is 1070 g/mol. The maximum Gasteiger partial charge on any atom is 0.339 e. The number of aliphatic hydroxyl groups excluding tert-OH is 1. The third kappa shape index (κ3) is 11.2. The van der Waals surface area contributed by atoms with Crippen LogP contribution in [-0.4, -0.2) is 109 Å². The number of hydrogen-bond acceptors (Lipinski definition) is 15. The summed E-state index contributed by atoms with van der Waals surface area (Å²) in [4.78, 5) is 89.3. The molecule has 0 bridgehead atoms. The standard InChI is InChI=1S/C62H58O17/c1-4-73-58(69)47-21-17-36(29-49(47)56(66)67)37-18-22-48(60(71)79-34-38(63)33-78-57(68)35(2)3)50(30-37)61(72)77-28-26-75-40-20-24-44-42-12-8-10-16-52(42)62(54(44)32-40)51-15-9-7-11-41(51)43-23-19-39(31-53(43)62)74-25-27-76-59(70)46-14-6-5-13-45(46)55(64)65/h7-12,15-24,29-32,35,38,45-46,63H,4-6,13-14,25-28,33-34H2,1-3H3,(H,64,65)(H,66,67). The number of aromatic carboxylic acids is 1. The fourth-order valence-electron chi connectivity index (χ4n) is 10.8. The van der Waals surface area contributed by atoms with Crippen LogP contribution in [0.2, 0.25) is 0 Å². The molecule has 3 aliphatic carbocycles. The van der Waals surface area contributed by atoms with Crippen LogP contribution in [0.3, 0.4) is 0 Å². The normalized spacial score (nSPS) is 16.8. The molecule has 0 saturated heterocycles. The number of fused-ring (bicyclic) bond motifs is 10. The van der Waals surface area contributed by atoms with Crippen LogP contribution in [0, 0.1) is 17.8 Å². The van der Waals surface area contributed by atoms with E-state index in [0.29, 0.717) is 24.3 Å². The number of carbonyl (C=O) groups excluding carboxylic acids is 5. The van der Waals surface area contributed by atoms with Crippen LogP contribution in [0.1, 0.15) is 110 Å². The van der Waals surface area contributed by atoms with Crippen molar-refractivity contribution in [3.8, 4) is 44.9 Å². The Hall–Kier alpha value is -8.83. The summed E-state index contributed by atoms with van der Waals surface area (Å²) in [5.74, 6) is -7.16. The van der Waals surface area contributed by atoms with Gasteiger partial charge < -0.3 is 48.5 Å². The first-order valence-corrected chi connectivity index (χ1v) is 26.1. The highest BCUT2D eigenvalue weighted by atomic mass is 16.6. The fourth-order valence-corrected chi connectivity index (χ4v) is 10.8. The first kappa shape index (κ1) is 54.9. The molecular weight excluding hydrogens is 1020 g/mol. The topological polar surface area (TPSA) is 245 Å². The smallest absolute Gasteiger partial charge is 0.339 e. The van der Waals surface area contributed by atoms with Crippen molar-refractivity contribution in [3.63, 3.8) is 0 Å². The van der Waals surface area contributed by atoms with Gasteiger partial charge in [-0.05, 0) is 124 Å². The van der Waals surface area contributed by atoms with Crippen molar-refractivity contribution in [2.75, 3.05) is 46.2 Å². The Bertz CT molecular complexity index is 3350.